The van der Waals surface area contributed by atoms with Crippen molar-refractivity contribution in [3.05, 3.63) is 0 Å². The van der Waals surface area contributed by atoms with Crippen LogP contribution in [0, 0.1) is 0 Å². The summed E-state index contributed by atoms with van der Waals surface area (Å²) in [7, 11) is 0. The van der Waals surface area contributed by atoms with Gasteiger partial charge in [-0.25, -0.2) is 0 Å². The second-order valence-corrected chi connectivity index (χ2v) is 5.27. The molecule has 0 spiro atoms. The summed E-state index contributed by atoms with van der Waals surface area (Å²) < 4.78 is 5.27. The molecule has 0 aliphatic carbocycles. The van der Waals surface area contributed by atoms with Crippen LogP contribution in [0.1, 0.15) is 19.8 Å². The van der Waals surface area contributed by atoms with E-state index >= 15 is 0 Å². The fourth-order valence-electron chi connectivity index (χ4n) is 2.66. The monoisotopic (exact) mass is 269 g/mol. The number of amides is 2. The van der Waals surface area contributed by atoms with Gasteiger partial charge in [0.1, 0.15) is 0 Å². The average Bonchev–Trinajstić information content (AvgIpc) is 2.39. The van der Waals surface area contributed by atoms with Gasteiger partial charge in [-0.3, -0.25) is 14.5 Å². The van der Waals surface area contributed by atoms with Gasteiger partial charge in [0.15, 0.2) is 0 Å². The summed E-state index contributed by atoms with van der Waals surface area (Å²) in [6, 6.07) is 0.111. The van der Waals surface area contributed by atoms with Crippen molar-refractivity contribution in [1.29, 1.82) is 0 Å². The van der Waals surface area contributed by atoms with Crippen LogP contribution in [-0.4, -0.2) is 73.6 Å². The number of nitrogens with one attached hydrogen (secondary N) is 1. The number of ether oxygens (including phenoxy) is 1. The normalized spacial score (nSPS) is 25.1. The average molecular weight is 269 g/mol. The third kappa shape index (κ3) is 4.47. The topological polar surface area (TPSA) is 61.9 Å². The number of morpholine rings is 1. The lowest BCUT2D eigenvalue weighted by Crippen LogP contribution is -2.52. The van der Waals surface area contributed by atoms with Crippen LogP contribution in [0.2, 0.25) is 0 Å². The Bertz CT molecular complexity index is 329. The van der Waals surface area contributed by atoms with Gasteiger partial charge in [-0.2, -0.15) is 0 Å². The highest BCUT2D eigenvalue weighted by Crippen LogP contribution is 2.11. The van der Waals surface area contributed by atoms with Crippen molar-refractivity contribution in [2.45, 2.75) is 25.8 Å². The van der Waals surface area contributed by atoms with Crippen LogP contribution in [0.25, 0.3) is 0 Å². The number of nitrogens with zero attached hydrogens (tertiary/aromatic N) is 2. The SMILES string of the molecule is CC(=O)NC1CCCN(C(=O)CN2CCOCC2)C1. The first-order valence-corrected chi connectivity index (χ1v) is 7.00. The van der Waals surface area contributed by atoms with E-state index in [0.29, 0.717) is 26.3 Å². The van der Waals surface area contributed by atoms with Gasteiger partial charge in [-0.1, -0.05) is 0 Å². The van der Waals surface area contributed by atoms with Gasteiger partial charge in [0.05, 0.1) is 19.8 Å². The lowest BCUT2D eigenvalue weighted by atomic mass is 10.1. The molecule has 0 aromatic heterocycles. The van der Waals surface area contributed by atoms with Crippen molar-refractivity contribution in [2.75, 3.05) is 45.9 Å². The Morgan fingerprint density at radius 2 is 2.00 bits per heavy atom. The van der Waals surface area contributed by atoms with E-state index in [2.05, 4.69) is 10.2 Å². The third-order valence-corrected chi connectivity index (χ3v) is 3.64. The number of hydrogen-bond donors (Lipinski definition) is 1. The van der Waals surface area contributed by atoms with Crippen molar-refractivity contribution in [2.24, 2.45) is 0 Å². The number of carbonyl (C=O) groups is 2. The first kappa shape index (κ1) is 14.3. The van der Waals surface area contributed by atoms with E-state index < -0.39 is 0 Å². The second kappa shape index (κ2) is 6.86. The van der Waals surface area contributed by atoms with Crippen molar-refractivity contribution < 1.29 is 14.3 Å². The first-order valence-electron chi connectivity index (χ1n) is 7.00. The molecule has 1 N–H and O–H groups in total. The second-order valence-electron chi connectivity index (χ2n) is 5.27. The molecule has 1 unspecified atom stereocenters. The molecule has 19 heavy (non-hydrogen) atoms. The van der Waals surface area contributed by atoms with Gasteiger partial charge in [-0.05, 0) is 12.8 Å². The van der Waals surface area contributed by atoms with Crippen LogP contribution in [0.4, 0.5) is 0 Å². The maximum absolute atomic E-state index is 12.2. The Kier molecular flexibility index (Phi) is 5.15. The van der Waals surface area contributed by atoms with E-state index in [4.69, 9.17) is 4.74 Å². The molecule has 2 amide bonds. The lowest BCUT2D eigenvalue weighted by Gasteiger charge is -2.35. The third-order valence-electron chi connectivity index (χ3n) is 3.64. The molecule has 108 valence electrons. The summed E-state index contributed by atoms with van der Waals surface area (Å²) in [4.78, 5) is 27.3. The Morgan fingerprint density at radius 3 is 2.68 bits per heavy atom. The number of rotatable bonds is 3. The summed E-state index contributed by atoms with van der Waals surface area (Å²) >= 11 is 0. The van der Waals surface area contributed by atoms with Crippen LogP contribution in [-0.2, 0) is 14.3 Å². The van der Waals surface area contributed by atoms with Gasteiger partial charge >= 0.3 is 0 Å². The highest BCUT2D eigenvalue weighted by Gasteiger charge is 2.25. The first-order chi connectivity index (χ1) is 9.15. The molecule has 0 saturated carbocycles. The maximum atomic E-state index is 12.2. The van der Waals surface area contributed by atoms with E-state index in [1.807, 2.05) is 4.90 Å². The summed E-state index contributed by atoms with van der Waals surface area (Å²) in [5, 5.41) is 2.90. The van der Waals surface area contributed by atoms with Gasteiger partial charge in [-0.15, -0.1) is 0 Å². The van der Waals surface area contributed by atoms with Crippen LogP contribution in [0.3, 0.4) is 0 Å². The quantitative estimate of drug-likeness (QED) is 0.746. The minimum Gasteiger partial charge on any atom is -0.379 e. The van der Waals surface area contributed by atoms with Gasteiger partial charge in [0, 0.05) is 39.1 Å². The van der Waals surface area contributed by atoms with Crippen molar-refractivity contribution in [3.63, 3.8) is 0 Å². The van der Waals surface area contributed by atoms with E-state index in [1.165, 1.54) is 6.92 Å². The zero-order valence-electron chi connectivity index (χ0n) is 11.6. The fraction of sp³-hybridized carbons (Fsp3) is 0.846. The van der Waals surface area contributed by atoms with Crippen LogP contribution < -0.4 is 5.32 Å². The van der Waals surface area contributed by atoms with Crippen LogP contribution >= 0.6 is 0 Å². The largest absolute Gasteiger partial charge is 0.379 e. The Balaban J connectivity index is 1.79. The van der Waals surface area contributed by atoms with E-state index in [0.717, 1.165) is 32.5 Å². The molecule has 2 aliphatic heterocycles. The standard InChI is InChI=1S/C13H23N3O3/c1-11(17)14-12-3-2-4-16(9-12)13(18)10-15-5-7-19-8-6-15/h12H,2-10H2,1H3,(H,14,17). The molecule has 2 saturated heterocycles. The molecule has 2 rings (SSSR count). The van der Waals surface area contributed by atoms with E-state index in [9.17, 15) is 9.59 Å². The van der Waals surface area contributed by atoms with Gasteiger partial charge in [0.2, 0.25) is 11.8 Å². The molecule has 0 radical (unpaired) electrons. The summed E-state index contributed by atoms with van der Waals surface area (Å²) in [5.74, 6) is 0.143. The van der Waals surface area contributed by atoms with Crippen molar-refractivity contribution in [1.82, 2.24) is 15.1 Å². The number of likely N-dealkylation sites (tertiary alicyclic amines) is 1. The summed E-state index contributed by atoms with van der Waals surface area (Å²) in [6.07, 6.45) is 1.92. The smallest absolute Gasteiger partial charge is 0.236 e. The Hall–Kier alpha value is -1.14. The molecular formula is C13H23N3O3. The summed E-state index contributed by atoms with van der Waals surface area (Å²) in [5.41, 5.74) is 0. The van der Waals surface area contributed by atoms with Crippen LogP contribution in [0.15, 0.2) is 0 Å². The molecular weight excluding hydrogens is 246 g/mol. The molecule has 0 bridgehead atoms. The highest BCUT2D eigenvalue weighted by atomic mass is 16.5. The zero-order valence-corrected chi connectivity index (χ0v) is 11.6. The van der Waals surface area contributed by atoms with Crippen molar-refractivity contribution >= 4 is 11.8 Å². The summed E-state index contributed by atoms with van der Waals surface area (Å²) in [6.45, 7) is 6.51. The molecule has 6 nitrogen and oxygen atoms in total. The van der Waals surface area contributed by atoms with Gasteiger partial charge in [0.25, 0.3) is 0 Å². The molecule has 1 atom stereocenters. The maximum Gasteiger partial charge on any atom is 0.236 e. The fourth-order valence-corrected chi connectivity index (χ4v) is 2.66. The Labute approximate surface area is 114 Å². The number of hydrogen-bond acceptors (Lipinski definition) is 4. The minimum absolute atomic E-state index is 0.0209. The number of piperidine rings is 1. The van der Waals surface area contributed by atoms with Crippen LogP contribution in [0.5, 0.6) is 0 Å². The minimum atomic E-state index is -0.0209. The van der Waals surface area contributed by atoms with E-state index in [1.54, 1.807) is 0 Å². The molecule has 2 fully saturated rings. The van der Waals surface area contributed by atoms with E-state index in [-0.39, 0.29) is 17.9 Å². The molecule has 2 aliphatic rings. The predicted octanol–water partition coefficient (Wildman–Crippen LogP) is -0.554. The highest BCUT2D eigenvalue weighted by molar-refractivity contribution is 5.78. The van der Waals surface area contributed by atoms with Gasteiger partial charge < -0.3 is 15.0 Å². The predicted molar refractivity (Wildman–Crippen MR) is 70.7 cm³/mol. The molecule has 6 heteroatoms. The molecule has 2 heterocycles. The molecule has 0 aromatic carbocycles. The lowest BCUT2D eigenvalue weighted by molar-refractivity contribution is -0.135. The number of carbonyl (C=O) groups excluding carboxylic acids is 2. The van der Waals surface area contributed by atoms with Crippen molar-refractivity contribution in [3.8, 4) is 0 Å². The Morgan fingerprint density at radius 1 is 1.26 bits per heavy atom. The molecule has 0 aromatic rings. The zero-order chi connectivity index (χ0) is 13.7.